The number of aliphatic carboxylic acids is 1. The molecule has 0 bridgehead atoms. The van der Waals surface area contributed by atoms with Crippen molar-refractivity contribution in [1.29, 1.82) is 0 Å². The molecule has 0 saturated carbocycles. The first-order valence-electron chi connectivity index (χ1n) is 9.56. The van der Waals surface area contributed by atoms with E-state index in [-0.39, 0.29) is 18.0 Å². The molecule has 0 aliphatic rings. The molecule has 30 heavy (non-hydrogen) atoms. The third-order valence-corrected chi connectivity index (χ3v) is 5.20. The molecule has 0 radical (unpaired) electrons. The predicted octanol–water partition coefficient (Wildman–Crippen LogP) is 4.55. The lowest BCUT2D eigenvalue weighted by Crippen LogP contribution is -2.18. The highest BCUT2D eigenvalue weighted by Crippen LogP contribution is 2.31. The lowest BCUT2D eigenvalue weighted by atomic mass is 9.93. The van der Waals surface area contributed by atoms with E-state index in [2.05, 4.69) is 4.98 Å². The number of aromatic nitrogens is 2. The molecule has 2 heterocycles. The number of hydrogen-bond donors (Lipinski definition) is 2. The monoisotopic (exact) mass is 400 g/mol. The molecule has 2 aromatic carbocycles. The van der Waals surface area contributed by atoms with Crippen LogP contribution in [0.1, 0.15) is 24.8 Å². The molecule has 0 aliphatic carbocycles. The topological polar surface area (TPSA) is 92.4 Å². The van der Waals surface area contributed by atoms with E-state index < -0.39 is 11.5 Å². The Hall–Kier alpha value is -3.93. The maximum absolute atomic E-state index is 12.2. The SMILES string of the molecule is CC(CC(=O)O)c1cccc(-c2cccc(-c3cc(=O)n(O)c4ncccc34)c2)c1. The van der Waals surface area contributed by atoms with Crippen LogP contribution in [0, 0.1) is 0 Å². The molecule has 6 heteroatoms. The van der Waals surface area contributed by atoms with Crippen LogP contribution < -0.4 is 5.56 Å². The maximum Gasteiger partial charge on any atom is 0.303 e. The second kappa shape index (κ2) is 7.83. The van der Waals surface area contributed by atoms with E-state index in [0.717, 1.165) is 22.3 Å². The summed E-state index contributed by atoms with van der Waals surface area (Å²) in [5.74, 6) is -0.924. The number of benzene rings is 2. The van der Waals surface area contributed by atoms with Crippen LogP contribution in [0.3, 0.4) is 0 Å². The molecule has 6 nitrogen and oxygen atoms in total. The van der Waals surface area contributed by atoms with Crippen molar-refractivity contribution in [2.24, 2.45) is 0 Å². The Morgan fingerprint density at radius 2 is 1.70 bits per heavy atom. The zero-order valence-electron chi connectivity index (χ0n) is 16.3. The van der Waals surface area contributed by atoms with E-state index in [9.17, 15) is 14.8 Å². The first-order chi connectivity index (χ1) is 14.4. The average molecular weight is 400 g/mol. The fourth-order valence-electron chi connectivity index (χ4n) is 3.65. The van der Waals surface area contributed by atoms with Gasteiger partial charge in [0.1, 0.15) is 0 Å². The van der Waals surface area contributed by atoms with Gasteiger partial charge in [-0.25, -0.2) is 4.98 Å². The Kier molecular flexibility index (Phi) is 5.06. The van der Waals surface area contributed by atoms with Crippen LogP contribution in [-0.2, 0) is 4.79 Å². The maximum atomic E-state index is 12.2. The van der Waals surface area contributed by atoms with Crippen LogP contribution in [0.5, 0.6) is 0 Å². The summed E-state index contributed by atoms with van der Waals surface area (Å²) in [6, 6.07) is 20.5. The van der Waals surface area contributed by atoms with Crippen molar-refractivity contribution < 1.29 is 15.1 Å². The van der Waals surface area contributed by atoms with Gasteiger partial charge in [0.2, 0.25) is 0 Å². The highest BCUT2D eigenvalue weighted by molar-refractivity contribution is 5.93. The quantitative estimate of drug-likeness (QED) is 0.480. The van der Waals surface area contributed by atoms with Crippen molar-refractivity contribution >= 4 is 17.0 Å². The minimum atomic E-state index is -0.825. The van der Waals surface area contributed by atoms with Gasteiger partial charge in [-0.3, -0.25) is 9.59 Å². The van der Waals surface area contributed by atoms with Crippen LogP contribution >= 0.6 is 0 Å². The molecule has 4 rings (SSSR count). The van der Waals surface area contributed by atoms with E-state index in [1.807, 2.05) is 61.5 Å². The molecule has 0 fully saturated rings. The van der Waals surface area contributed by atoms with Crippen LogP contribution in [0.4, 0.5) is 0 Å². The van der Waals surface area contributed by atoms with Gasteiger partial charge in [-0.15, -0.1) is 4.73 Å². The fourth-order valence-corrected chi connectivity index (χ4v) is 3.65. The Labute approximate surface area is 172 Å². The molecular formula is C24H20N2O4. The lowest BCUT2D eigenvalue weighted by molar-refractivity contribution is -0.137. The summed E-state index contributed by atoms with van der Waals surface area (Å²) in [4.78, 5) is 27.4. The summed E-state index contributed by atoms with van der Waals surface area (Å²) >= 11 is 0. The number of nitrogens with zero attached hydrogens (tertiary/aromatic N) is 2. The van der Waals surface area contributed by atoms with Gasteiger partial charge in [0.05, 0.1) is 6.42 Å². The zero-order chi connectivity index (χ0) is 21.3. The fraction of sp³-hybridized carbons (Fsp3) is 0.125. The highest BCUT2D eigenvalue weighted by atomic mass is 16.5. The standard InChI is InChI=1S/C24H20N2O4/c1-15(11-23(28)29)16-5-2-6-17(12-16)18-7-3-8-19(13-18)21-14-22(27)26(30)24-20(21)9-4-10-25-24/h2-10,12-15,30H,11H2,1H3,(H,28,29). The van der Waals surface area contributed by atoms with Crippen molar-refractivity contribution in [2.75, 3.05) is 0 Å². The molecule has 4 aromatic rings. The molecule has 1 atom stereocenters. The molecular weight excluding hydrogens is 380 g/mol. The van der Waals surface area contributed by atoms with Crippen molar-refractivity contribution in [3.05, 3.63) is 88.8 Å². The second-order valence-electron chi connectivity index (χ2n) is 7.29. The number of hydrogen-bond acceptors (Lipinski definition) is 4. The lowest BCUT2D eigenvalue weighted by Gasteiger charge is -2.13. The van der Waals surface area contributed by atoms with Crippen LogP contribution in [-0.4, -0.2) is 26.0 Å². The normalized spacial score (nSPS) is 12.0. The molecule has 0 saturated heterocycles. The summed E-state index contributed by atoms with van der Waals surface area (Å²) in [6.07, 6.45) is 1.60. The summed E-state index contributed by atoms with van der Waals surface area (Å²) in [5.41, 5.74) is 4.03. The van der Waals surface area contributed by atoms with Gasteiger partial charge in [-0.2, -0.15) is 0 Å². The van der Waals surface area contributed by atoms with E-state index in [4.69, 9.17) is 5.11 Å². The van der Waals surface area contributed by atoms with E-state index >= 15 is 0 Å². The number of rotatable bonds is 5. The second-order valence-corrected chi connectivity index (χ2v) is 7.29. The molecule has 0 aliphatic heterocycles. The largest absolute Gasteiger partial charge is 0.481 e. The van der Waals surface area contributed by atoms with Gasteiger partial charge in [-0.05, 0) is 51.9 Å². The number of carboxylic acids is 1. The van der Waals surface area contributed by atoms with Crippen LogP contribution in [0.15, 0.2) is 77.7 Å². The average Bonchev–Trinajstić information content (AvgIpc) is 2.76. The smallest absolute Gasteiger partial charge is 0.303 e. The molecule has 1 unspecified atom stereocenters. The van der Waals surface area contributed by atoms with Crippen LogP contribution in [0.25, 0.3) is 33.3 Å². The van der Waals surface area contributed by atoms with Gasteiger partial charge in [0, 0.05) is 17.6 Å². The third-order valence-electron chi connectivity index (χ3n) is 5.20. The van der Waals surface area contributed by atoms with Crippen LogP contribution in [0.2, 0.25) is 0 Å². The Morgan fingerprint density at radius 1 is 1.00 bits per heavy atom. The zero-order valence-corrected chi connectivity index (χ0v) is 16.3. The summed E-state index contributed by atoms with van der Waals surface area (Å²) < 4.78 is 0.552. The Balaban J connectivity index is 1.80. The van der Waals surface area contributed by atoms with Crippen molar-refractivity contribution in [2.45, 2.75) is 19.3 Å². The first-order valence-corrected chi connectivity index (χ1v) is 9.56. The Morgan fingerprint density at radius 3 is 2.47 bits per heavy atom. The number of fused-ring (bicyclic) bond motifs is 1. The predicted molar refractivity (Wildman–Crippen MR) is 115 cm³/mol. The van der Waals surface area contributed by atoms with Crippen molar-refractivity contribution in [3.8, 4) is 22.3 Å². The molecule has 0 spiro atoms. The van der Waals surface area contributed by atoms with Crippen molar-refractivity contribution in [1.82, 2.24) is 9.71 Å². The minimum Gasteiger partial charge on any atom is -0.481 e. The number of pyridine rings is 2. The summed E-state index contributed by atoms with van der Waals surface area (Å²) in [6.45, 7) is 1.90. The summed E-state index contributed by atoms with van der Waals surface area (Å²) in [5, 5.41) is 19.7. The highest BCUT2D eigenvalue weighted by Gasteiger charge is 2.13. The first kappa shape index (κ1) is 19.4. The number of carboxylic acid groups (broad SMARTS) is 1. The molecule has 0 amide bonds. The van der Waals surface area contributed by atoms with E-state index in [1.54, 1.807) is 6.07 Å². The van der Waals surface area contributed by atoms with E-state index in [0.29, 0.717) is 15.7 Å². The third kappa shape index (κ3) is 3.67. The van der Waals surface area contributed by atoms with Crippen molar-refractivity contribution in [3.63, 3.8) is 0 Å². The van der Waals surface area contributed by atoms with Gasteiger partial charge < -0.3 is 10.3 Å². The summed E-state index contributed by atoms with van der Waals surface area (Å²) in [7, 11) is 0. The van der Waals surface area contributed by atoms with Gasteiger partial charge in [0.15, 0.2) is 5.65 Å². The Bertz CT molecular complexity index is 1310. The number of carbonyl (C=O) groups is 1. The van der Waals surface area contributed by atoms with Gasteiger partial charge in [-0.1, -0.05) is 49.4 Å². The van der Waals surface area contributed by atoms with Gasteiger partial charge >= 0.3 is 5.97 Å². The molecule has 150 valence electrons. The molecule has 2 N–H and O–H groups in total. The molecule has 2 aromatic heterocycles. The van der Waals surface area contributed by atoms with Gasteiger partial charge in [0.25, 0.3) is 5.56 Å². The minimum absolute atomic E-state index is 0.0694. The van der Waals surface area contributed by atoms with E-state index in [1.165, 1.54) is 12.3 Å².